The number of amidine groups is 1. The fraction of sp³-hybridized carbons (Fsp3) is 0.500. The van der Waals surface area contributed by atoms with E-state index in [9.17, 15) is 0 Å². The Hall–Kier alpha value is -2.37. The van der Waals surface area contributed by atoms with Crippen LogP contribution in [0.2, 0.25) is 0 Å². The molecule has 1 spiro atoms. The van der Waals surface area contributed by atoms with Crippen LogP contribution in [0.3, 0.4) is 0 Å². The van der Waals surface area contributed by atoms with Crippen molar-refractivity contribution in [1.29, 1.82) is 0 Å². The van der Waals surface area contributed by atoms with E-state index in [0.717, 1.165) is 56.9 Å². The Balaban J connectivity index is 1.56. The first-order valence-electron chi connectivity index (χ1n) is 11.4. The molecule has 2 N–H and O–H groups in total. The van der Waals surface area contributed by atoms with Gasteiger partial charge in [-0.15, -0.1) is 0 Å². The molecular weight excluding hydrogens is 386 g/mol. The molecule has 2 fully saturated rings. The van der Waals surface area contributed by atoms with Gasteiger partial charge in [-0.05, 0) is 73.9 Å². The van der Waals surface area contributed by atoms with E-state index in [1.54, 1.807) is 7.11 Å². The van der Waals surface area contributed by atoms with E-state index in [-0.39, 0.29) is 6.04 Å². The van der Waals surface area contributed by atoms with E-state index in [1.165, 1.54) is 17.5 Å². The number of benzene rings is 2. The van der Waals surface area contributed by atoms with Gasteiger partial charge < -0.3 is 15.2 Å². The highest BCUT2D eigenvalue weighted by Crippen LogP contribution is 2.41. The van der Waals surface area contributed by atoms with Crippen LogP contribution in [-0.4, -0.2) is 50.7 Å². The number of likely N-dealkylation sites (tertiary alicyclic amines) is 1. The summed E-state index contributed by atoms with van der Waals surface area (Å²) in [6.45, 7) is 6.65. The Kier molecular flexibility index (Phi) is 6.93. The summed E-state index contributed by atoms with van der Waals surface area (Å²) in [4.78, 5) is 7.35. The first kappa shape index (κ1) is 21.8. The molecule has 2 aliphatic rings. The summed E-state index contributed by atoms with van der Waals surface area (Å²) in [6.07, 6.45) is 4.39. The largest absolute Gasteiger partial charge is 0.496 e. The summed E-state index contributed by atoms with van der Waals surface area (Å²) < 4.78 is 11.3. The highest BCUT2D eigenvalue weighted by Gasteiger charge is 2.40. The average Bonchev–Trinajstić information content (AvgIpc) is 3.25. The average molecular weight is 422 g/mol. The molecule has 1 atom stereocenters. The van der Waals surface area contributed by atoms with Gasteiger partial charge in [-0.3, -0.25) is 9.89 Å². The molecule has 1 unspecified atom stereocenters. The van der Waals surface area contributed by atoms with E-state index >= 15 is 0 Å². The number of nitrogens with zero attached hydrogens (tertiary/aromatic N) is 2. The molecule has 5 nitrogen and oxygen atoms in total. The molecule has 5 heteroatoms. The van der Waals surface area contributed by atoms with E-state index in [2.05, 4.69) is 48.2 Å². The van der Waals surface area contributed by atoms with Crippen LogP contribution in [0.15, 0.2) is 53.5 Å². The Morgan fingerprint density at radius 2 is 1.90 bits per heavy atom. The molecule has 2 heterocycles. The van der Waals surface area contributed by atoms with E-state index < -0.39 is 0 Å². The number of aliphatic imine (C=N–C) groups is 1. The molecule has 0 bridgehead atoms. The number of methoxy groups -OCH3 is 1. The van der Waals surface area contributed by atoms with E-state index in [4.69, 9.17) is 20.2 Å². The molecule has 0 aliphatic carbocycles. The Bertz CT molecular complexity index is 881. The van der Waals surface area contributed by atoms with Crippen LogP contribution >= 0.6 is 0 Å². The number of nitrogens with two attached hydrogens (primary N) is 1. The quantitative estimate of drug-likeness (QED) is 0.539. The zero-order chi connectivity index (χ0) is 21.7. The van der Waals surface area contributed by atoms with Crippen LogP contribution < -0.4 is 10.5 Å². The molecule has 4 rings (SSSR count). The second kappa shape index (κ2) is 9.84. The van der Waals surface area contributed by atoms with Crippen LogP contribution in [0.1, 0.15) is 42.0 Å². The van der Waals surface area contributed by atoms with Crippen molar-refractivity contribution in [2.45, 2.75) is 38.6 Å². The van der Waals surface area contributed by atoms with Crippen molar-refractivity contribution in [2.24, 2.45) is 16.1 Å². The van der Waals surface area contributed by atoms with Gasteiger partial charge in [-0.2, -0.15) is 0 Å². The highest BCUT2D eigenvalue weighted by atomic mass is 16.5. The Morgan fingerprint density at radius 1 is 1.13 bits per heavy atom. The summed E-state index contributed by atoms with van der Waals surface area (Å²) >= 11 is 0. The van der Waals surface area contributed by atoms with Gasteiger partial charge >= 0.3 is 0 Å². The molecule has 2 aromatic rings. The zero-order valence-corrected chi connectivity index (χ0v) is 18.8. The minimum atomic E-state index is -0.0226. The van der Waals surface area contributed by atoms with Gasteiger partial charge in [0.15, 0.2) is 0 Å². The van der Waals surface area contributed by atoms with Crippen LogP contribution in [-0.2, 0) is 11.2 Å². The fourth-order valence-electron chi connectivity index (χ4n) is 5.04. The lowest BCUT2D eigenvalue weighted by atomic mass is 9.77. The molecule has 31 heavy (non-hydrogen) atoms. The monoisotopic (exact) mass is 421 g/mol. The third-order valence-corrected chi connectivity index (χ3v) is 7.07. The summed E-state index contributed by atoms with van der Waals surface area (Å²) in [6, 6.07) is 16.7. The zero-order valence-electron chi connectivity index (χ0n) is 18.8. The lowest BCUT2D eigenvalue weighted by molar-refractivity contribution is 0.0713. The second-order valence-electron chi connectivity index (χ2n) is 8.96. The summed E-state index contributed by atoms with van der Waals surface area (Å²) in [5.74, 6) is 1.60. The minimum Gasteiger partial charge on any atom is -0.496 e. The standard InChI is InChI=1S/C26H35N3O2/c1-20-22(9-6-10-23(20)30-2)24(25(27)28-15-11-21-7-4-3-5-8-21)29-16-12-26(13-17-29)14-18-31-19-26/h3-10,24H,11-19H2,1-2H3,(H2,27,28). The van der Waals surface area contributed by atoms with Crippen molar-refractivity contribution < 1.29 is 9.47 Å². The van der Waals surface area contributed by atoms with Gasteiger partial charge in [0.2, 0.25) is 0 Å². The smallest absolute Gasteiger partial charge is 0.122 e. The third-order valence-electron chi connectivity index (χ3n) is 7.07. The topological polar surface area (TPSA) is 60.1 Å². The molecule has 2 aliphatic heterocycles. The number of rotatable bonds is 7. The number of hydrogen-bond acceptors (Lipinski definition) is 4. The lowest BCUT2D eigenvalue weighted by Crippen LogP contribution is -2.46. The Labute approximate surface area is 186 Å². The van der Waals surface area contributed by atoms with Crippen molar-refractivity contribution in [3.8, 4) is 5.75 Å². The molecule has 2 saturated heterocycles. The minimum absolute atomic E-state index is 0.0226. The summed E-state index contributed by atoms with van der Waals surface area (Å²) in [5.41, 5.74) is 10.7. The third kappa shape index (κ3) is 4.94. The van der Waals surface area contributed by atoms with Crippen LogP contribution in [0.4, 0.5) is 0 Å². The van der Waals surface area contributed by atoms with Gasteiger partial charge in [-0.25, -0.2) is 0 Å². The lowest BCUT2D eigenvalue weighted by Gasteiger charge is -2.42. The van der Waals surface area contributed by atoms with E-state index in [0.29, 0.717) is 17.8 Å². The van der Waals surface area contributed by atoms with Crippen molar-refractivity contribution in [1.82, 2.24) is 4.90 Å². The summed E-state index contributed by atoms with van der Waals surface area (Å²) in [7, 11) is 1.73. The van der Waals surface area contributed by atoms with Crippen molar-refractivity contribution in [3.05, 3.63) is 65.2 Å². The first-order chi connectivity index (χ1) is 15.1. The van der Waals surface area contributed by atoms with Crippen molar-refractivity contribution in [3.63, 3.8) is 0 Å². The van der Waals surface area contributed by atoms with Crippen LogP contribution in [0, 0.1) is 12.3 Å². The van der Waals surface area contributed by atoms with Crippen molar-refractivity contribution in [2.75, 3.05) is 40.0 Å². The number of hydrogen-bond donors (Lipinski definition) is 1. The fourth-order valence-corrected chi connectivity index (χ4v) is 5.04. The summed E-state index contributed by atoms with van der Waals surface area (Å²) in [5, 5.41) is 0. The maximum absolute atomic E-state index is 6.69. The first-order valence-corrected chi connectivity index (χ1v) is 11.4. The Morgan fingerprint density at radius 3 is 2.58 bits per heavy atom. The van der Waals surface area contributed by atoms with E-state index in [1.807, 2.05) is 12.1 Å². The van der Waals surface area contributed by atoms with Gasteiger partial charge in [0.05, 0.1) is 19.8 Å². The highest BCUT2D eigenvalue weighted by molar-refractivity contribution is 5.87. The number of ether oxygens (including phenoxy) is 2. The predicted molar refractivity (Wildman–Crippen MR) is 126 cm³/mol. The maximum atomic E-state index is 6.69. The van der Waals surface area contributed by atoms with Gasteiger partial charge in [0.1, 0.15) is 11.6 Å². The second-order valence-corrected chi connectivity index (χ2v) is 8.96. The molecule has 0 aromatic heterocycles. The molecule has 2 aromatic carbocycles. The van der Waals surface area contributed by atoms with Crippen LogP contribution in [0.5, 0.6) is 5.75 Å². The molecule has 0 amide bonds. The molecular formula is C26H35N3O2. The molecule has 0 saturated carbocycles. The normalized spacial score (nSPS) is 20.1. The predicted octanol–water partition coefficient (Wildman–Crippen LogP) is 4.15. The van der Waals surface area contributed by atoms with Crippen molar-refractivity contribution >= 4 is 5.84 Å². The van der Waals surface area contributed by atoms with Gasteiger partial charge in [0, 0.05) is 13.2 Å². The van der Waals surface area contributed by atoms with Gasteiger partial charge in [0.25, 0.3) is 0 Å². The maximum Gasteiger partial charge on any atom is 0.122 e. The van der Waals surface area contributed by atoms with Gasteiger partial charge in [-0.1, -0.05) is 42.5 Å². The molecule has 166 valence electrons. The number of piperidine rings is 1. The van der Waals surface area contributed by atoms with Crippen LogP contribution in [0.25, 0.3) is 0 Å². The molecule has 0 radical (unpaired) electrons. The SMILES string of the molecule is COc1cccc(C(C(N)=NCCc2ccccc2)N2CCC3(CCOC3)CC2)c1C.